The van der Waals surface area contributed by atoms with Crippen LogP contribution in [-0.2, 0) is 16.0 Å². The third-order valence-corrected chi connectivity index (χ3v) is 8.24. The smallest absolute Gasteiger partial charge is 0.326 e. The zero-order valence-corrected chi connectivity index (χ0v) is 20.6. The van der Waals surface area contributed by atoms with Crippen LogP contribution in [0.1, 0.15) is 49.7 Å². The lowest BCUT2D eigenvalue weighted by molar-refractivity contribution is -0.171. The van der Waals surface area contributed by atoms with Gasteiger partial charge in [0, 0.05) is 44.5 Å². The molecular formula is C28H36N4O3. The first kappa shape index (κ1) is 23.6. The van der Waals surface area contributed by atoms with Gasteiger partial charge < -0.3 is 20.2 Å². The van der Waals surface area contributed by atoms with Crippen LogP contribution in [0, 0.1) is 18.3 Å². The lowest BCUT2D eigenvalue weighted by atomic mass is 9.76. The highest BCUT2D eigenvalue weighted by Crippen LogP contribution is 2.47. The molecular weight excluding hydrogens is 440 g/mol. The fourth-order valence-electron chi connectivity index (χ4n) is 6.03. The number of aromatic nitrogens is 1. The number of pyridine rings is 1. The minimum atomic E-state index is -0.910. The van der Waals surface area contributed by atoms with Crippen LogP contribution in [0.15, 0.2) is 42.6 Å². The zero-order valence-electron chi connectivity index (χ0n) is 20.6. The molecule has 35 heavy (non-hydrogen) atoms. The summed E-state index contributed by atoms with van der Waals surface area (Å²) in [4.78, 5) is 33.2. The molecule has 1 amide bonds. The number of β-lactam (4-membered cyclic amide) rings is 1. The number of benzene rings is 1. The lowest BCUT2D eigenvalue weighted by Gasteiger charge is -2.49. The molecule has 2 saturated heterocycles. The molecule has 3 heterocycles. The van der Waals surface area contributed by atoms with Crippen molar-refractivity contribution in [3.8, 4) is 0 Å². The second kappa shape index (κ2) is 9.88. The molecule has 3 aliphatic rings. The fourth-order valence-corrected chi connectivity index (χ4v) is 6.03. The van der Waals surface area contributed by atoms with Gasteiger partial charge in [-0.1, -0.05) is 25.0 Å². The van der Waals surface area contributed by atoms with E-state index in [1.165, 1.54) is 11.3 Å². The third kappa shape index (κ3) is 5.00. The van der Waals surface area contributed by atoms with Gasteiger partial charge >= 0.3 is 5.97 Å². The Morgan fingerprint density at radius 3 is 2.51 bits per heavy atom. The Morgan fingerprint density at radius 2 is 1.89 bits per heavy atom. The van der Waals surface area contributed by atoms with E-state index < -0.39 is 12.0 Å². The van der Waals surface area contributed by atoms with Crippen LogP contribution >= 0.6 is 0 Å². The molecule has 1 unspecified atom stereocenters. The molecule has 1 aliphatic carbocycles. The standard InChI is InChI=1S/C28H36N4O3/c1-20-8-13-29-25(16-20)30-18-22-9-14-31(15-10-22)23-6-4-21(5-7-23)17-24(26(33)34)32-19-28(27(32)35)11-2-3-12-28/h4-8,13,16,22,24H,2-3,9-12,14-15,17-19H2,1H3,(H,29,30)(H,33,34). The number of nitrogens with one attached hydrogen (secondary N) is 1. The van der Waals surface area contributed by atoms with E-state index in [1.54, 1.807) is 4.90 Å². The Labute approximate surface area is 207 Å². The summed E-state index contributed by atoms with van der Waals surface area (Å²) in [5, 5.41) is 13.3. The molecule has 1 aromatic heterocycles. The Morgan fingerprint density at radius 1 is 1.17 bits per heavy atom. The maximum atomic E-state index is 12.8. The molecule has 7 nitrogen and oxygen atoms in total. The van der Waals surface area contributed by atoms with Crippen LogP contribution in [0.5, 0.6) is 0 Å². The highest BCUT2D eigenvalue weighted by molar-refractivity contribution is 5.93. The van der Waals surface area contributed by atoms with Crippen LogP contribution < -0.4 is 10.2 Å². The van der Waals surface area contributed by atoms with Gasteiger partial charge in [-0.2, -0.15) is 0 Å². The van der Waals surface area contributed by atoms with Gasteiger partial charge in [0.25, 0.3) is 0 Å². The van der Waals surface area contributed by atoms with Gasteiger partial charge in [-0.15, -0.1) is 0 Å². The van der Waals surface area contributed by atoms with Gasteiger partial charge in [0.05, 0.1) is 5.41 Å². The summed E-state index contributed by atoms with van der Waals surface area (Å²) in [6.45, 7) is 5.64. The van der Waals surface area contributed by atoms with Crippen molar-refractivity contribution in [3.63, 3.8) is 0 Å². The molecule has 1 saturated carbocycles. The molecule has 2 aliphatic heterocycles. The average molecular weight is 477 g/mol. The summed E-state index contributed by atoms with van der Waals surface area (Å²) in [7, 11) is 0. The van der Waals surface area contributed by atoms with E-state index in [1.807, 2.05) is 24.4 Å². The van der Waals surface area contributed by atoms with Crippen LogP contribution in [0.25, 0.3) is 0 Å². The summed E-state index contributed by atoms with van der Waals surface area (Å²) in [6, 6.07) is 11.6. The molecule has 1 spiro atoms. The highest BCUT2D eigenvalue weighted by Gasteiger charge is 2.56. The number of piperidine rings is 1. The maximum absolute atomic E-state index is 12.8. The van der Waals surface area contributed by atoms with Crippen LogP contribution in [0.4, 0.5) is 11.5 Å². The molecule has 2 aromatic rings. The quantitative estimate of drug-likeness (QED) is 0.558. The number of aryl methyl sites for hydroxylation is 1. The lowest BCUT2D eigenvalue weighted by Crippen LogP contribution is -2.65. The summed E-state index contributed by atoms with van der Waals surface area (Å²) in [6.07, 6.45) is 8.44. The molecule has 5 rings (SSSR count). The monoisotopic (exact) mass is 476 g/mol. The number of rotatable bonds is 8. The van der Waals surface area contributed by atoms with Crippen LogP contribution in [0.3, 0.4) is 0 Å². The predicted molar refractivity (Wildman–Crippen MR) is 137 cm³/mol. The Bertz CT molecular complexity index is 1060. The molecule has 7 heteroatoms. The summed E-state index contributed by atoms with van der Waals surface area (Å²) >= 11 is 0. The summed E-state index contributed by atoms with van der Waals surface area (Å²) < 4.78 is 0. The van der Waals surface area contributed by atoms with Gasteiger partial charge in [-0.05, 0) is 73.9 Å². The zero-order chi connectivity index (χ0) is 24.4. The normalized spacial score (nSPS) is 20.7. The van der Waals surface area contributed by atoms with Crippen molar-refractivity contribution in [2.24, 2.45) is 11.3 Å². The van der Waals surface area contributed by atoms with E-state index in [-0.39, 0.29) is 11.3 Å². The molecule has 1 aromatic carbocycles. The molecule has 0 radical (unpaired) electrons. The van der Waals surface area contributed by atoms with Crippen molar-refractivity contribution >= 4 is 23.4 Å². The molecule has 186 valence electrons. The molecule has 0 bridgehead atoms. The van der Waals surface area contributed by atoms with Crippen molar-refractivity contribution in [1.82, 2.24) is 9.88 Å². The van der Waals surface area contributed by atoms with Crippen molar-refractivity contribution < 1.29 is 14.7 Å². The second-order valence-corrected chi connectivity index (χ2v) is 10.7. The minimum absolute atomic E-state index is 0.0505. The topological polar surface area (TPSA) is 85.8 Å². The second-order valence-electron chi connectivity index (χ2n) is 10.7. The number of hydrogen-bond donors (Lipinski definition) is 2. The number of carboxylic acid groups (broad SMARTS) is 1. The van der Waals surface area contributed by atoms with E-state index in [9.17, 15) is 14.7 Å². The van der Waals surface area contributed by atoms with Gasteiger partial charge in [0.15, 0.2) is 0 Å². The number of carbonyl (C=O) groups excluding carboxylic acids is 1. The maximum Gasteiger partial charge on any atom is 0.326 e. The van der Waals surface area contributed by atoms with Crippen molar-refractivity contribution in [2.75, 3.05) is 36.4 Å². The van der Waals surface area contributed by atoms with E-state index >= 15 is 0 Å². The predicted octanol–water partition coefficient (Wildman–Crippen LogP) is 4.12. The number of carboxylic acids is 1. The van der Waals surface area contributed by atoms with Gasteiger partial charge in [0.2, 0.25) is 5.91 Å². The number of carbonyl (C=O) groups is 2. The fraction of sp³-hybridized carbons (Fsp3) is 0.536. The number of amides is 1. The first-order chi connectivity index (χ1) is 16.9. The third-order valence-electron chi connectivity index (χ3n) is 8.24. The van der Waals surface area contributed by atoms with E-state index in [0.29, 0.717) is 18.9 Å². The van der Waals surface area contributed by atoms with Gasteiger partial charge in [0.1, 0.15) is 11.9 Å². The van der Waals surface area contributed by atoms with Crippen molar-refractivity contribution in [1.29, 1.82) is 0 Å². The Balaban J connectivity index is 1.12. The van der Waals surface area contributed by atoms with E-state index in [2.05, 4.69) is 40.3 Å². The first-order valence-electron chi connectivity index (χ1n) is 13.0. The van der Waals surface area contributed by atoms with Gasteiger partial charge in [-0.25, -0.2) is 9.78 Å². The molecule has 1 atom stereocenters. The summed E-state index contributed by atoms with van der Waals surface area (Å²) in [5.74, 6) is 0.712. The minimum Gasteiger partial charge on any atom is -0.480 e. The number of anilines is 2. The van der Waals surface area contributed by atoms with Crippen molar-refractivity contribution in [2.45, 2.75) is 57.9 Å². The largest absolute Gasteiger partial charge is 0.480 e. The van der Waals surface area contributed by atoms with E-state index in [4.69, 9.17) is 0 Å². The SMILES string of the molecule is Cc1ccnc(NCC2CCN(c3ccc(CC(C(=O)O)N4CC5(CCCC5)C4=O)cc3)CC2)c1. The molecule has 3 fully saturated rings. The number of nitrogens with zero attached hydrogens (tertiary/aromatic N) is 3. The van der Waals surface area contributed by atoms with Crippen molar-refractivity contribution in [3.05, 3.63) is 53.7 Å². The summed E-state index contributed by atoms with van der Waals surface area (Å²) in [5.41, 5.74) is 3.10. The molecule has 2 N–H and O–H groups in total. The Hall–Kier alpha value is -3.09. The Kier molecular flexibility index (Phi) is 6.67. The van der Waals surface area contributed by atoms with E-state index in [0.717, 1.165) is 69.5 Å². The number of likely N-dealkylation sites (tertiary alicyclic amines) is 1. The number of hydrogen-bond acceptors (Lipinski definition) is 5. The van der Waals surface area contributed by atoms with Crippen LogP contribution in [0.2, 0.25) is 0 Å². The first-order valence-corrected chi connectivity index (χ1v) is 13.0. The van der Waals surface area contributed by atoms with Crippen LogP contribution in [-0.4, -0.2) is 59.1 Å². The highest BCUT2D eigenvalue weighted by atomic mass is 16.4. The number of aliphatic carboxylic acids is 1. The van der Waals surface area contributed by atoms with Gasteiger partial charge in [-0.3, -0.25) is 4.79 Å². The average Bonchev–Trinajstić information content (AvgIpc) is 3.37.